The first-order chi connectivity index (χ1) is 9.65. The van der Waals surface area contributed by atoms with Crippen molar-refractivity contribution in [2.75, 3.05) is 6.54 Å². The van der Waals surface area contributed by atoms with E-state index in [2.05, 4.69) is 10.3 Å². The van der Waals surface area contributed by atoms with Gasteiger partial charge in [0.15, 0.2) is 5.96 Å². The van der Waals surface area contributed by atoms with E-state index in [1.807, 2.05) is 0 Å². The summed E-state index contributed by atoms with van der Waals surface area (Å²) in [7, 11) is 0. The van der Waals surface area contributed by atoms with Crippen LogP contribution in [0.3, 0.4) is 0 Å². The van der Waals surface area contributed by atoms with E-state index in [-0.39, 0.29) is 0 Å². The summed E-state index contributed by atoms with van der Waals surface area (Å²) in [6, 6.07) is 3.85. The molecule has 0 amide bonds. The van der Waals surface area contributed by atoms with Crippen molar-refractivity contribution in [3.05, 3.63) is 35.4 Å². The van der Waals surface area contributed by atoms with Crippen LogP contribution in [0.5, 0.6) is 0 Å². The van der Waals surface area contributed by atoms with Crippen molar-refractivity contribution in [2.24, 2.45) is 10.7 Å². The summed E-state index contributed by atoms with van der Waals surface area (Å²) >= 11 is 0. The van der Waals surface area contributed by atoms with Gasteiger partial charge < -0.3 is 11.1 Å². The van der Waals surface area contributed by atoms with Gasteiger partial charge in [-0.1, -0.05) is 19.3 Å². The predicted molar refractivity (Wildman–Crippen MR) is 76.6 cm³/mol. The lowest BCUT2D eigenvalue weighted by molar-refractivity contribution is 0.412. The maximum atomic E-state index is 13.4. The number of guanidine groups is 1. The third-order valence-corrected chi connectivity index (χ3v) is 3.63. The largest absolute Gasteiger partial charge is 0.370 e. The topological polar surface area (TPSA) is 50.4 Å². The number of aliphatic imine (C=N–C) groups is 1. The number of nitrogens with one attached hydrogen (secondary N) is 1. The van der Waals surface area contributed by atoms with Gasteiger partial charge in [-0.25, -0.2) is 8.78 Å². The molecule has 0 spiro atoms. The molecule has 0 unspecified atom stereocenters. The molecule has 5 heteroatoms. The van der Waals surface area contributed by atoms with E-state index in [4.69, 9.17) is 5.73 Å². The summed E-state index contributed by atoms with van der Waals surface area (Å²) in [4.78, 5) is 4.18. The predicted octanol–water partition coefficient (Wildman–Crippen LogP) is 2.74. The Morgan fingerprint density at radius 2 is 2.00 bits per heavy atom. The molecule has 1 aromatic carbocycles. The fourth-order valence-corrected chi connectivity index (χ4v) is 2.53. The molecule has 1 aliphatic carbocycles. The highest BCUT2D eigenvalue weighted by atomic mass is 19.1. The van der Waals surface area contributed by atoms with Crippen molar-refractivity contribution in [3.63, 3.8) is 0 Å². The Labute approximate surface area is 118 Å². The van der Waals surface area contributed by atoms with E-state index in [0.717, 1.165) is 25.0 Å². The van der Waals surface area contributed by atoms with Crippen molar-refractivity contribution in [3.8, 4) is 0 Å². The maximum absolute atomic E-state index is 13.4. The lowest BCUT2D eigenvalue weighted by Crippen LogP contribution is -2.41. The zero-order chi connectivity index (χ0) is 14.4. The fraction of sp³-hybridized carbons (Fsp3) is 0.533. The Morgan fingerprint density at radius 1 is 1.25 bits per heavy atom. The summed E-state index contributed by atoms with van der Waals surface area (Å²) in [5, 5.41) is 3.19. The number of halogens is 2. The molecule has 0 bridgehead atoms. The molecule has 1 fully saturated rings. The van der Waals surface area contributed by atoms with Crippen LogP contribution in [0.2, 0.25) is 0 Å². The molecule has 0 atom stereocenters. The Kier molecular flexibility index (Phi) is 5.32. The van der Waals surface area contributed by atoms with Crippen LogP contribution in [0.25, 0.3) is 0 Å². The van der Waals surface area contributed by atoms with Crippen molar-refractivity contribution in [2.45, 2.75) is 44.6 Å². The summed E-state index contributed by atoms with van der Waals surface area (Å²) in [5.41, 5.74) is 6.14. The third-order valence-electron chi connectivity index (χ3n) is 3.63. The second-order valence-corrected chi connectivity index (χ2v) is 5.23. The highest BCUT2D eigenvalue weighted by Crippen LogP contribution is 2.17. The Hall–Kier alpha value is -1.65. The lowest BCUT2D eigenvalue weighted by Gasteiger charge is -2.23. The number of nitrogens with zero attached hydrogens (tertiary/aromatic N) is 1. The van der Waals surface area contributed by atoms with Gasteiger partial charge in [-0.05, 0) is 43.0 Å². The minimum Gasteiger partial charge on any atom is -0.370 e. The van der Waals surface area contributed by atoms with Crippen LogP contribution in [0.1, 0.15) is 37.7 Å². The van der Waals surface area contributed by atoms with Gasteiger partial charge in [0, 0.05) is 12.6 Å². The molecule has 0 aliphatic heterocycles. The van der Waals surface area contributed by atoms with Gasteiger partial charge >= 0.3 is 0 Å². The molecule has 0 saturated heterocycles. The maximum Gasteiger partial charge on any atom is 0.188 e. The molecule has 1 saturated carbocycles. The minimum atomic E-state index is -0.432. The first kappa shape index (κ1) is 14.8. The van der Waals surface area contributed by atoms with Crippen molar-refractivity contribution < 1.29 is 8.78 Å². The molecule has 0 aromatic heterocycles. The standard InChI is InChI=1S/C15H21F2N3/c16-12-6-7-14(17)11(10-12)8-9-19-15(18)20-13-4-2-1-3-5-13/h6-7,10,13H,1-5,8-9H2,(H3,18,19,20). The molecule has 0 radical (unpaired) electrons. The first-order valence-corrected chi connectivity index (χ1v) is 7.15. The molecule has 3 nitrogen and oxygen atoms in total. The van der Waals surface area contributed by atoms with Gasteiger partial charge in [-0.2, -0.15) is 0 Å². The highest BCUT2D eigenvalue weighted by molar-refractivity contribution is 5.78. The lowest BCUT2D eigenvalue weighted by atomic mass is 9.96. The second-order valence-electron chi connectivity index (χ2n) is 5.23. The van der Waals surface area contributed by atoms with Gasteiger partial charge in [0.25, 0.3) is 0 Å². The van der Waals surface area contributed by atoms with E-state index in [1.165, 1.54) is 25.3 Å². The average Bonchev–Trinajstić information content (AvgIpc) is 2.44. The van der Waals surface area contributed by atoms with Gasteiger partial charge in [0.2, 0.25) is 0 Å². The molecule has 1 aliphatic rings. The van der Waals surface area contributed by atoms with Crippen molar-refractivity contribution >= 4 is 5.96 Å². The van der Waals surface area contributed by atoms with E-state index in [1.54, 1.807) is 0 Å². The zero-order valence-corrected chi connectivity index (χ0v) is 11.5. The van der Waals surface area contributed by atoms with Crippen LogP contribution in [-0.2, 0) is 6.42 Å². The highest BCUT2D eigenvalue weighted by Gasteiger charge is 2.13. The van der Waals surface area contributed by atoms with E-state index < -0.39 is 11.6 Å². The summed E-state index contributed by atoms with van der Waals surface area (Å²) in [6.07, 6.45) is 6.31. The zero-order valence-electron chi connectivity index (χ0n) is 11.5. The Bertz CT molecular complexity index is 468. The quantitative estimate of drug-likeness (QED) is 0.658. The second kappa shape index (κ2) is 7.22. The molecule has 110 valence electrons. The van der Waals surface area contributed by atoms with Crippen LogP contribution in [0, 0.1) is 11.6 Å². The average molecular weight is 281 g/mol. The normalized spacial score (nSPS) is 17.2. The monoisotopic (exact) mass is 281 g/mol. The molecular formula is C15H21F2N3. The smallest absolute Gasteiger partial charge is 0.188 e. The molecule has 2 rings (SSSR count). The van der Waals surface area contributed by atoms with Crippen molar-refractivity contribution in [1.82, 2.24) is 5.32 Å². The molecule has 1 aromatic rings. The Balaban J connectivity index is 1.81. The summed E-state index contributed by atoms with van der Waals surface area (Å²) in [5.74, 6) is -0.437. The van der Waals surface area contributed by atoms with Crippen LogP contribution < -0.4 is 11.1 Å². The molecular weight excluding hydrogens is 260 g/mol. The molecule has 20 heavy (non-hydrogen) atoms. The van der Waals surface area contributed by atoms with Crippen LogP contribution in [0.15, 0.2) is 23.2 Å². The van der Waals surface area contributed by atoms with Gasteiger partial charge in [0.1, 0.15) is 11.6 Å². The summed E-state index contributed by atoms with van der Waals surface area (Å²) < 4.78 is 26.4. The summed E-state index contributed by atoms with van der Waals surface area (Å²) in [6.45, 7) is 0.353. The van der Waals surface area contributed by atoms with Crippen LogP contribution >= 0.6 is 0 Å². The number of benzene rings is 1. The fourth-order valence-electron chi connectivity index (χ4n) is 2.53. The van der Waals surface area contributed by atoms with Crippen LogP contribution in [-0.4, -0.2) is 18.5 Å². The number of rotatable bonds is 4. The van der Waals surface area contributed by atoms with Gasteiger partial charge in [-0.15, -0.1) is 0 Å². The molecule has 0 heterocycles. The minimum absolute atomic E-state index is 0.333. The van der Waals surface area contributed by atoms with E-state index in [0.29, 0.717) is 30.5 Å². The third kappa shape index (κ3) is 4.47. The van der Waals surface area contributed by atoms with E-state index in [9.17, 15) is 8.78 Å². The molecule has 3 N–H and O–H groups in total. The first-order valence-electron chi connectivity index (χ1n) is 7.15. The van der Waals surface area contributed by atoms with Crippen LogP contribution in [0.4, 0.5) is 8.78 Å². The van der Waals surface area contributed by atoms with Crippen molar-refractivity contribution in [1.29, 1.82) is 0 Å². The SMILES string of the molecule is NC(=NCCc1cc(F)ccc1F)NC1CCCCC1. The number of hydrogen-bond acceptors (Lipinski definition) is 1. The van der Waals surface area contributed by atoms with Gasteiger partial charge in [0.05, 0.1) is 0 Å². The van der Waals surface area contributed by atoms with Gasteiger partial charge in [-0.3, -0.25) is 4.99 Å². The Morgan fingerprint density at radius 3 is 2.75 bits per heavy atom. The number of hydrogen-bond donors (Lipinski definition) is 2. The van der Waals surface area contributed by atoms with E-state index >= 15 is 0 Å². The number of nitrogens with two attached hydrogens (primary N) is 1.